The van der Waals surface area contributed by atoms with E-state index in [2.05, 4.69) is 30.7 Å². The molecule has 4 heterocycles. The summed E-state index contributed by atoms with van der Waals surface area (Å²) in [6.45, 7) is 5.36. The van der Waals surface area contributed by atoms with Crippen LogP contribution in [0.15, 0.2) is 51.2 Å². The van der Waals surface area contributed by atoms with Crippen LogP contribution in [0.1, 0.15) is 31.1 Å². The predicted octanol–water partition coefficient (Wildman–Crippen LogP) is -4.49. The fourth-order valence-electron chi connectivity index (χ4n) is 5.47. The maximum Gasteiger partial charge on any atom is 0.250 e. The number of carbonyl (C=O) groups excluding carboxylic acids is 3. The van der Waals surface area contributed by atoms with Crippen LogP contribution in [0, 0.1) is 0 Å². The van der Waals surface area contributed by atoms with E-state index in [1.165, 1.54) is 57.9 Å². The molecule has 18 nitrogen and oxygen atoms in total. The van der Waals surface area contributed by atoms with Gasteiger partial charge in [0.2, 0.25) is 16.7 Å². The smallest absolute Gasteiger partial charge is 0.250 e. The first-order chi connectivity index (χ1) is 24.3. The van der Waals surface area contributed by atoms with E-state index in [-0.39, 0.29) is 36.3 Å². The average molecular weight is 709 g/mol. The topological polar surface area (TPSA) is 232 Å². The third-order valence-corrected chi connectivity index (χ3v) is 8.74. The molecule has 51 heavy (non-hydrogen) atoms. The summed E-state index contributed by atoms with van der Waals surface area (Å²) in [6, 6.07) is 3.91. The third kappa shape index (κ3) is 9.83. The molecule has 3 aromatic heterocycles. The van der Waals surface area contributed by atoms with Crippen molar-refractivity contribution in [2.45, 2.75) is 0 Å². The summed E-state index contributed by atoms with van der Waals surface area (Å²) in [5, 5.41) is 44.9. The minimum absolute atomic E-state index is 0.196. The van der Waals surface area contributed by atoms with Gasteiger partial charge in [-0.1, -0.05) is 0 Å². The minimum Gasteiger partial charge on any atom is -0.868 e. The number of rotatable bonds is 12. The Bertz CT molecular complexity index is 1690. The van der Waals surface area contributed by atoms with Crippen LogP contribution in [0.25, 0.3) is 0 Å². The Labute approximate surface area is 293 Å². The van der Waals surface area contributed by atoms with Gasteiger partial charge in [-0.15, -0.1) is 0 Å². The second-order valence-electron chi connectivity index (χ2n) is 12.2. The van der Waals surface area contributed by atoms with Crippen molar-refractivity contribution in [1.82, 2.24) is 44.4 Å². The van der Waals surface area contributed by atoms with Gasteiger partial charge in [0.05, 0.1) is 0 Å². The predicted molar refractivity (Wildman–Crippen MR) is 180 cm³/mol. The van der Waals surface area contributed by atoms with Gasteiger partial charge in [0, 0.05) is 135 Å². The zero-order chi connectivity index (χ0) is 37.2. The van der Waals surface area contributed by atoms with Crippen LogP contribution in [0.2, 0.25) is 0 Å². The quantitative estimate of drug-likeness (QED) is 0.162. The first-order valence-corrected chi connectivity index (χ1v) is 16.4. The molecule has 0 radical (unpaired) electrons. The maximum absolute atomic E-state index is 12.7. The fraction of sp³-hybridized carbons (Fsp3) is 0.455. The van der Waals surface area contributed by atoms with Gasteiger partial charge in [-0.3, -0.25) is 43.5 Å². The molecule has 0 unspecified atom stereocenters. The van der Waals surface area contributed by atoms with Gasteiger partial charge < -0.3 is 45.0 Å². The largest absolute Gasteiger partial charge is 0.868 e. The van der Waals surface area contributed by atoms with E-state index in [0.29, 0.717) is 58.9 Å². The molecule has 18 heteroatoms. The molecule has 0 atom stereocenters. The zero-order valence-electron chi connectivity index (χ0n) is 28.8. The Balaban J connectivity index is 1.37. The molecule has 0 bridgehead atoms. The molecule has 0 aromatic carbocycles. The molecule has 1 saturated heterocycles. The first kappa shape index (κ1) is 38.3. The number of hydrogen-bond donors (Lipinski definition) is 3. The number of nitrogens with one attached hydrogen (secondary N) is 3. The van der Waals surface area contributed by atoms with Gasteiger partial charge in [0.15, 0.2) is 0 Å². The van der Waals surface area contributed by atoms with Crippen LogP contribution in [-0.4, -0.2) is 125 Å². The van der Waals surface area contributed by atoms with Crippen molar-refractivity contribution >= 4 is 17.7 Å². The van der Waals surface area contributed by atoms with Crippen LogP contribution in [-0.2, 0) is 21.1 Å². The van der Waals surface area contributed by atoms with Gasteiger partial charge in [-0.05, 0) is 35.4 Å². The highest BCUT2D eigenvalue weighted by molar-refractivity contribution is 5.97. The van der Waals surface area contributed by atoms with E-state index in [1.807, 2.05) is 0 Å². The lowest BCUT2D eigenvalue weighted by molar-refractivity contribution is -0.271. The molecular formula is C33H42N9O9-3. The average Bonchev–Trinajstić information content (AvgIpc) is 3.19. The molecule has 3 amide bonds. The number of amides is 3. The van der Waals surface area contributed by atoms with Crippen molar-refractivity contribution in [2.24, 2.45) is 21.1 Å². The number of aryl methyl sites for hydroxylation is 3. The summed E-state index contributed by atoms with van der Waals surface area (Å²) < 4.78 is 3.31. The number of nitrogens with zero attached hydrogens (tertiary/aromatic N) is 6. The molecule has 276 valence electrons. The lowest BCUT2D eigenvalue weighted by atomic mass is 10.2. The van der Waals surface area contributed by atoms with Crippen LogP contribution in [0.3, 0.4) is 0 Å². The Morgan fingerprint density at radius 2 is 0.745 bits per heavy atom. The summed E-state index contributed by atoms with van der Waals surface area (Å²) in [6.07, 6.45) is 4.07. The standard InChI is InChI=1S/C33H45N9O9/c1-37-10-4-22(25(43)31(37)49)28(46)34-7-13-40-16-18-41(14-8-35-29(47)23-5-11-38(2)32(50)26(23)44)20-21-42(19-17-40)15-9-36-30(48)24-6-12-39(3)33(51)27(24)45/h4-6,10-12,43-45H,7-9,13-21H2,1-3H3,(H,34,46)(H,35,47)(H,36,48)/p-3. The van der Waals surface area contributed by atoms with E-state index in [0.717, 1.165) is 13.7 Å². The highest BCUT2D eigenvalue weighted by Crippen LogP contribution is 2.09. The number of carbonyl (C=O) groups is 3. The van der Waals surface area contributed by atoms with E-state index >= 15 is 0 Å². The van der Waals surface area contributed by atoms with Gasteiger partial charge in [-0.25, -0.2) is 0 Å². The Kier molecular flexibility index (Phi) is 13.1. The maximum atomic E-state index is 12.7. The SMILES string of the molecule is Cn1ccc(C(=O)NCCN2CCN(CCNC(=O)c3ccn(C)c(=O)c3[O-])CCN(CCNC(=O)c3ccn(C)c(=O)c3[O-])CC2)c([O-])c1=O. The van der Waals surface area contributed by atoms with Crippen molar-refractivity contribution in [3.63, 3.8) is 0 Å². The van der Waals surface area contributed by atoms with Gasteiger partial charge in [0.1, 0.15) is 0 Å². The summed E-state index contributed by atoms with van der Waals surface area (Å²) >= 11 is 0. The van der Waals surface area contributed by atoms with Crippen molar-refractivity contribution in [2.75, 3.05) is 78.5 Å². The second-order valence-corrected chi connectivity index (χ2v) is 12.2. The molecule has 4 rings (SSSR count). The summed E-state index contributed by atoms with van der Waals surface area (Å²) in [7, 11) is 4.27. The Morgan fingerprint density at radius 3 is 0.980 bits per heavy atom. The van der Waals surface area contributed by atoms with E-state index in [1.54, 1.807) is 0 Å². The molecule has 1 fully saturated rings. The van der Waals surface area contributed by atoms with Crippen LogP contribution >= 0.6 is 0 Å². The lowest BCUT2D eigenvalue weighted by Crippen LogP contribution is -2.42. The van der Waals surface area contributed by atoms with Gasteiger partial charge >= 0.3 is 0 Å². The molecule has 1 aliphatic rings. The molecule has 0 spiro atoms. The number of hydrogen-bond acceptors (Lipinski definition) is 12. The van der Waals surface area contributed by atoms with Gasteiger partial charge in [0.25, 0.3) is 17.7 Å². The Morgan fingerprint density at radius 1 is 0.510 bits per heavy atom. The van der Waals surface area contributed by atoms with Crippen LogP contribution in [0.4, 0.5) is 0 Å². The van der Waals surface area contributed by atoms with E-state index < -0.39 is 51.6 Å². The van der Waals surface area contributed by atoms with Crippen molar-refractivity contribution in [3.8, 4) is 17.2 Å². The minimum atomic E-state index is -0.881. The third-order valence-electron chi connectivity index (χ3n) is 8.74. The van der Waals surface area contributed by atoms with Gasteiger partial charge in [-0.2, -0.15) is 0 Å². The van der Waals surface area contributed by atoms with Crippen molar-refractivity contribution in [3.05, 3.63) is 84.5 Å². The van der Waals surface area contributed by atoms with Crippen LogP contribution < -0.4 is 47.9 Å². The monoisotopic (exact) mass is 708 g/mol. The first-order valence-electron chi connectivity index (χ1n) is 16.4. The molecular weight excluding hydrogens is 666 g/mol. The molecule has 0 aliphatic carbocycles. The highest BCUT2D eigenvalue weighted by atomic mass is 16.3. The van der Waals surface area contributed by atoms with Crippen LogP contribution in [0.5, 0.6) is 17.2 Å². The lowest BCUT2D eigenvalue weighted by Gasteiger charge is -2.26. The Hall–Kier alpha value is -5.46. The van der Waals surface area contributed by atoms with E-state index in [9.17, 15) is 44.1 Å². The van der Waals surface area contributed by atoms with E-state index in [4.69, 9.17) is 0 Å². The second kappa shape index (κ2) is 17.5. The molecule has 3 N–H and O–H groups in total. The molecule has 0 saturated carbocycles. The fourth-order valence-corrected chi connectivity index (χ4v) is 5.47. The number of aromatic nitrogens is 3. The normalized spacial score (nSPS) is 14.6. The molecule has 3 aromatic rings. The highest BCUT2D eigenvalue weighted by Gasteiger charge is 2.18. The van der Waals surface area contributed by atoms with Crippen molar-refractivity contribution < 1.29 is 29.7 Å². The van der Waals surface area contributed by atoms with Crippen molar-refractivity contribution in [1.29, 1.82) is 0 Å². The number of pyridine rings is 3. The zero-order valence-corrected chi connectivity index (χ0v) is 28.8. The summed E-state index contributed by atoms with van der Waals surface area (Å²) in [5.41, 5.74) is -3.08. The summed E-state index contributed by atoms with van der Waals surface area (Å²) in [4.78, 5) is 80.3. The summed E-state index contributed by atoms with van der Waals surface area (Å²) in [5.74, 6) is -4.58. The molecule has 1 aliphatic heterocycles.